The Morgan fingerprint density at radius 3 is 2.36 bits per heavy atom. The summed E-state index contributed by atoms with van der Waals surface area (Å²) >= 11 is 0. The van der Waals surface area contributed by atoms with Crippen molar-refractivity contribution in [3.05, 3.63) is 59.7 Å². The first-order valence-corrected chi connectivity index (χ1v) is 9.67. The number of anilines is 1. The monoisotopic (exact) mass is 383 g/mol. The number of carbonyl (C=O) groups is 2. The summed E-state index contributed by atoms with van der Waals surface area (Å²) < 4.78 is 5.35. The van der Waals surface area contributed by atoms with Crippen LogP contribution in [0.4, 0.5) is 5.69 Å². The van der Waals surface area contributed by atoms with E-state index in [2.05, 4.69) is 29.4 Å². The van der Waals surface area contributed by atoms with Crippen LogP contribution in [0.2, 0.25) is 0 Å². The fraction of sp³-hybridized carbons (Fsp3) is 0.364. The molecule has 28 heavy (non-hydrogen) atoms. The van der Waals surface area contributed by atoms with E-state index in [1.54, 1.807) is 24.3 Å². The molecule has 0 spiro atoms. The predicted octanol–water partition coefficient (Wildman–Crippen LogP) is 3.30. The maximum absolute atomic E-state index is 12.2. The number of nitrogens with one attached hydrogen (secondary N) is 2. The molecule has 2 aromatic carbocycles. The number of nitrogens with zero attached hydrogens (tertiary/aromatic N) is 1. The highest BCUT2D eigenvalue weighted by atomic mass is 16.5. The molecule has 2 rings (SSSR count). The highest BCUT2D eigenvalue weighted by Gasteiger charge is 2.09. The summed E-state index contributed by atoms with van der Waals surface area (Å²) in [5.74, 6) is 0.147. The van der Waals surface area contributed by atoms with Crippen LogP contribution >= 0.6 is 0 Å². The number of rotatable bonds is 10. The van der Waals surface area contributed by atoms with Gasteiger partial charge >= 0.3 is 0 Å². The van der Waals surface area contributed by atoms with Crippen molar-refractivity contribution < 1.29 is 14.3 Å². The van der Waals surface area contributed by atoms with Gasteiger partial charge in [-0.1, -0.05) is 26.0 Å². The largest absolute Gasteiger partial charge is 0.494 e. The molecular formula is C22H29N3O3. The molecule has 2 N–H and O–H groups in total. The highest BCUT2D eigenvalue weighted by Crippen LogP contribution is 2.13. The maximum atomic E-state index is 12.2. The van der Waals surface area contributed by atoms with Gasteiger partial charge in [0.15, 0.2) is 0 Å². The Kier molecular flexibility index (Phi) is 8.49. The Labute approximate surface area is 166 Å². The normalized spacial score (nSPS) is 10.6. The fourth-order valence-electron chi connectivity index (χ4n) is 2.79. The Bertz CT molecular complexity index is 771. The van der Waals surface area contributed by atoms with Crippen molar-refractivity contribution in [2.45, 2.75) is 27.3 Å². The first-order chi connectivity index (χ1) is 13.5. The van der Waals surface area contributed by atoms with Gasteiger partial charge in [0.2, 0.25) is 5.91 Å². The van der Waals surface area contributed by atoms with Gasteiger partial charge in [0, 0.05) is 17.8 Å². The van der Waals surface area contributed by atoms with E-state index in [9.17, 15) is 9.59 Å². The molecular weight excluding hydrogens is 354 g/mol. The van der Waals surface area contributed by atoms with Gasteiger partial charge in [-0.25, -0.2) is 0 Å². The molecule has 0 fully saturated rings. The van der Waals surface area contributed by atoms with Gasteiger partial charge in [0.05, 0.1) is 13.2 Å². The molecule has 6 nitrogen and oxygen atoms in total. The summed E-state index contributed by atoms with van der Waals surface area (Å²) in [5, 5.41) is 5.47. The SMILES string of the molecule is CCOc1ccc(C(=O)NCC(=O)Nc2cccc(CN(CC)CC)c2)cc1. The van der Waals surface area contributed by atoms with Crippen molar-refractivity contribution in [3.8, 4) is 5.75 Å². The number of hydrogen-bond acceptors (Lipinski definition) is 4. The molecule has 6 heteroatoms. The third-order valence-electron chi connectivity index (χ3n) is 4.35. The zero-order valence-corrected chi connectivity index (χ0v) is 16.8. The Morgan fingerprint density at radius 2 is 1.71 bits per heavy atom. The number of ether oxygens (including phenoxy) is 1. The fourth-order valence-corrected chi connectivity index (χ4v) is 2.79. The molecule has 0 aliphatic heterocycles. The third kappa shape index (κ3) is 6.70. The maximum Gasteiger partial charge on any atom is 0.251 e. The molecule has 0 aliphatic carbocycles. The predicted molar refractivity (Wildman–Crippen MR) is 112 cm³/mol. The Balaban J connectivity index is 1.85. The molecule has 0 atom stereocenters. The lowest BCUT2D eigenvalue weighted by Crippen LogP contribution is -2.32. The number of benzene rings is 2. The molecule has 0 aliphatic rings. The molecule has 0 aromatic heterocycles. The summed E-state index contributed by atoms with van der Waals surface area (Å²) in [4.78, 5) is 26.7. The molecule has 0 saturated heterocycles. The van der Waals surface area contributed by atoms with Gasteiger partial charge in [-0.2, -0.15) is 0 Å². The molecule has 0 saturated carbocycles. The summed E-state index contributed by atoms with van der Waals surface area (Å²) in [6, 6.07) is 14.6. The van der Waals surface area contributed by atoms with Crippen LogP contribution in [0.1, 0.15) is 36.7 Å². The van der Waals surface area contributed by atoms with Crippen molar-refractivity contribution in [2.75, 3.05) is 31.6 Å². The standard InChI is InChI=1S/C22H29N3O3/c1-4-25(5-2)16-17-8-7-9-19(14-17)24-21(26)15-23-22(27)18-10-12-20(13-11-18)28-6-3/h7-14H,4-6,15-16H2,1-3H3,(H,23,27)(H,24,26). The Morgan fingerprint density at radius 1 is 1.00 bits per heavy atom. The van der Waals surface area contributed by atoms with E-state index in [1.165, 1.54) is 0 Å². The van der Waals surface area contributed by atoms with E-state index in [1.807, 2.05) is 31.2 Å². The number of hydrogen-bond donors (Lipinski definition) is 2. The second kappa shape index (κ2) is 11.1. The van der Waals surface area contributed by atoms with E-state index in [0.717, 1.165) is 30.9 Å². The van der Waals surface area contributed by atoms with E-state index >= 15 is 0 Å². The van der Waals surface area contributed by atoms with Gasteiger partial charge < -0.3 is 15.4 Å². The second-order valence-corrected chi connectivity index (χ2v) is 6.35. The van der Waals surface area contributed by atoms with Crippen molar-refractivity contribution in [1.82, 2.24) is 10.2 Å². The van der Waals surface area contributed by atoms with E-state index in [0.29, 0.717) is 17.9 Å². The lowest BCUT2D eigenvalue weighted by atomic mass is 10.2. The molecule has 0 heterocycles. The van der Waals surface area contributed by atoms with Gasteiger partial charge in [0.1, 0.15) is 5.75 Å². The van der Waals surface area contributed by atoms with Gasteiger partial charge in [-0.05, 0) is 62.0 Å². The summed E-state index contributed by atoms with van der Waals surface area (Å²) in [5.41, 5.74) is 2.35. The van der Waals surface area contributed by atoms with Crippen LogP contribution in [0.5, 0.6) is 5.75 Å². The Hall–Kier alpha value is -2.86. The van der Waals surface area contributed by atoms with Crippen LogP contribution in [0.3, 0.4) is 0 Å². The van der Waals surface area contributed by atoms with Crippen LogP contribution < -0.4 is 15.4 Å². The van der Waals surface area contributed by atoms with E-state index in [4.69, 9.17) is 4.74 Å². The molecule has 0 radical (unpaired) electrons. The van der Waals surface area contributed by atoms with E-state index < -0.39 is 0 Å². The van der Waals surface area contributed by atoms with Crippen LogP contribution in [0.25, 0.3) is 0 Å². The lowest BCUT2D eigenvalue weighted by molar-refractivity contribution is -0.115. The van der Waals surface area contributed by atoms with Crippen molar-refractivity contribution in [2.24, 2.45) is 0 Å². The topological polar surface area (TPSA) is 70.7 Å². The third-order valence-corrected chi connectivity index (χ3v) is 4.35. The molecule has 150 valence electrons. The summed E-state index contributed by atoms with van der Waals surface area (Å²) in [7, 11) is 0. The minimum atomic E-state index is -0.298. The number of carbonyl (C=O) groups excluding carboxylic acids is 2. The van der Waals surface area contributed by atoms with Crippen molar-refractivity contribution >= 4 is 17.5 Å². The molecule has 0 unspecified atom stereocenters. The molecule has 0 bridgehead atoms. The average molecular weight is 383 g/mol. The second-order valence-electron chi connectivity index (χ2n) is 6.35. The minimum Gasteiger partial charge on any atom is -0.494 e. The van der Waals surface area contributed by atoms with Crippen LogP contribution in [0.15, 0.2) is 48.5 Å². The van der Waals surface area contributed by atoms with Gasteiger partial charge in [-0.15, -0.1) is 0 Å². The van der Waals surface area contributed by atoms with Gasteiger partial charge in [-0.3, -0.25) is 14.5 Å². The quantitative estimate of drug-likeness (QED) is 0.660. The first kappa shape index (κ1) is 21.4. The smallest absolute Gasteiger partial charge is 0.251 e. The summed E-state index contributed by atoms with van der Waals surface area (Å²) in [6.07, 6.45) is 0. The van der Waals surface area contributed by atoms with E-state index in [-0.39, 0.29) is 18.4 Å². The zero-order valence-electron chi connectivity index (χ0n) is 16.8. The number of amides is 2. The van der Waals surface area contributed by atoms with Crippen molar-refractivity contribution in [3.63, 3.8) is 0 Å². The molecule has 2 amide bonds. The van der Waals surface area contributed by atoms with Crippen LogP contribution in [-0.4, -0.2) is 43.0 Å². The molecule has 2 aromatic rings. The lowest BCUT2D eigenvalue weighted by Gasteiger charge is -2.18. The van der Waals surface area contributed by atoms with Crippen LogP contribution in [-0.2, 0) is 11.3 Å². The van der Waals surface area contributed by atoms with Crippen molar-refractivity contribution in [1.29, 1.82) is 0 Å². The average Bonchev–Trinajstić information content (AvgIpc) is 2.71. The first-order valence-electron chi connectivity index (χ1n) is 9.67. The van der Waals surface area contributed by atoms with Gasteiger partial charge in [0.25, 0.3) is 5.91 Å². The minimum absolute atomic E-state index is 0.0910. The summed E-state index contributed by atoms with van der Waals surface area (Å²) in [6.45, 7) is 9.43. The van der Waals surface area contributed by atoms with Crippen LogP contribution in [0, 0.1) is 0 Å². The zero-order chi connectivity index (χ0) is 20.4. The highest BCUT2D eigenvalue weighted by molar-refractivity contribution is 5.99.